The largest absolute Gasteiger partial charge is 0.497 e. The summed E-state index contributed by atoms with van der Waals surface area (Å²) in [6, 6.07) is 3.36. The average Bonchev–Trinajstić information content (AvgIpc) is 3.10. The van der Waals surface area contributed by atoms with Gasteiger partial charge in [-0.2, -0.15) is 5.06 Å². The van der Waals surface area contributed by atoms with Gasteiger partial charge in [-0.05, 0) is 22.0 Å². The third-order valence-electron chi connectivity index (χ3n) is 3.66. The predicted molar refractivity (Wildman–Crippen MR) is 87.3 cm³/mol. The standard InChI is InChI=1S/C15H11BrF2N2O4S/c1-24-8-3-9(17)13(10(18)4-8)15(22)19-5-12(21)20(23)14(19)11-2-7(16)6-25-11/h2-4,6,14,23H,5H2,1H3. The summed E-state index contributed by atoms with van der Waals surface area (Å²) in [5.74, 6) is -4.10. The highest BCUT2D eigenvalue weighted by Gasteiger charge is 2.43. The third-order valence-corrected chi connectivity index (χ3v) is 5.39. The molecule has 2 aromatic rings. The highest BCUT2D eigenvalue weighted by molar-refractivity contribution is 9.10. The maximum atomic E-state index is 14.2. The number of carbonyl (C=O) groups excluding carboxylic acids is 2. The zero-order chi connectivity index (χ0) is 18.3. The van der Waals surface area contributed by atoms with Crippen LogP contribution >= 0.6 is 27.3 Å². The Hall–Kier alpha value is -2.04. The van der Waals surface area contributed by atoms with Crippen LogP contribution in [0.4, 0.5) is 8.78 Å². The van der Waals surface area contributed by atoms with Gasteiger partial charge in [0.25, 0.3) is 11.8 Å². The molecule has 1 atom stereocenters. The Labute approximate surface area is 153 Å². The zero-order valence-electron chi connectivity index (χ0n) is 12.7. The monoisotopic (exact) mass is 432 g/mol. The quantitative estimate of drug-likeness (QED) is 0.756. The lowest BCUT2D eigenvalue weighted by atomic mass is 10.1. The van der Waals surface area contributed by atoms with Gasteiger partial charge in [-0.3, -0.25) is 14.8 Å². The number of halogens is 3. The van der Waals surface area contributed by atoms with Crippen LogP contribution in [0.1, 0.15) is 21.4 Å². The van der Waals surface area contributed by atoms with Crippen molar-refractivity contribution in [1.29, 1.82) is 0 Å². The van der Waals surface area contributed by atoms with Crippen LogP contribution in [-0.2, 0) is 4.79 Å². The summed E-state index contributed by atoms with van der Waals surface area (Å²) >= 11 is 4.42. The molecular formula is C15H11BrF2N2O4S. The summed E-state index contributed by atoms with van der Waals surface area (Å²) in [5, 5.41) is 12.1. The van der Waals surface area contributed by atoms with Gasteiger partial charge in [-0.25, -0.2) is 8.78 Å². The molecule has 6 nitrogen and oxygen atoms in total. The Morgan fingerprint density at radius 2 is 2.00 bits per heavy atom. The van der Waals surface area contributed by atoms with Gasteiger partial charge in [0.2, 0.25) is 0 Å². The number of rotatable bonds is 3. The first-order chi connectivity index (χ1) is 11.8. The summed E-state index contributed by atoms with van der Waals surface area (Å²) in [4.78, 5) is 25.9. The van der Waals surface area contributed by atoms with Gasteiger partial charge in [0.1, 0.15) is 29.5 Å². The predicted octanol–water partition coefficient (Wildman–Crippen LogP) is 3.17. The molecule has 0 bridgehead atoms. The fourth-order valence-electron chi connectivity index (χ4n) is 2.51. The Kier molecular flexibility index (Phi) is 4.76. The number of amides is 2. The van der Waals surface area contributed by atoms with Crippen LogP contribution in [0.2, 0.25) is 0 Å². The van der Waals surface area contributed by atoms with Crippen molar-refractivity contribution < 1.29 is 28.3 Å². The lowest BCUT2D eigenvalue weighted by Crippen LogP contribution is -2.34. The first kappa shape index (κ1) is 17.8. The van der Waals surface area contributed by atoms with E-state index in [0.29, 0.717) is 14.4 Å². The van der Waals surface area contributed by atoms with E-state index in [1.54, 1.807) is 11.4 Å². The molecule has 0 spiro atoms. The number of hydroxylamine groups is 2. The minimum Gasteiger partial charge on any atom is -0.497 e. The van der Waals surface area contributed by atoms with E-state index >= 15 is 0 Å². The van der Waals surface area contributed by atoms with Gasteiger partial charge in [0, 0.05) is 22.0 Å². The molecule has 0 saturated carbocycles. The second kappa shape index (κ2) is 6.70. The van der Waals surface area contributed by atoms with Gasteiger partial charge in [0.05, 0.1) is 12.0 Å². The van der Waals surface area contributed by atoms with Gasteiger partial charge < -0.3 is 9.64 Å². The van der Waals surface area contributed by atoms with Gasteiger partial charge in [-0.15, -0.1) is 11.3 Å². The molecule has 0 aliphatic carbocycles. The smallest absolute Gasteiger partial charge is 0.268 e. The maximum Gasteiger partial charge on any atom is 0.268 e. The van der Waals surface area contributed by atoms with Crippen molar-refractivity contribution in [3.8, 4) is 5.75 Å². The normalized spacial score (nSPS) is 17.3. The minimum absolute atomic E-state index is 0.0772. The van der Waals surface area contributed by atoms with E-state index in [1.165, 1.54) is 18.4 Å². The number of nitrogens with zero attached hydrogens (tertiary/aromatic N) is 2. The van der Waals surface area contributed by atoms with E-state index in [0.717, 1.165) is 17.0 Å². The van der Waals surface area contributed by atoms with Crippen molar-refractivity contribution in [1.82, 2.24) is 9.96 Å². The molecule has 0 radical (unpaired) electrons. The molecule has 1 aliphatic rings. The third kappa shape index (κ3) is 3.12. The van der Waals surface area contributed by atoms with E-state index in [9.17, 15) is 23.6 Å². The summed E-state index contributed by atoms with van der Waals surface area (Å²) in [6.45, 7) is -0.500. The molecule has 1 N–H and O–H groups in total. The minimum atomic E-state index is -1.16. The topological polar surface area (TPSA) is 70.1 Å². The number of thiophene rings is 1. The van der Waals surface area contributed by atoms with Crippen LogP contribution in [0.3, 0.4) is 0 Å². The number of carbonyl (C=O) groups is 2. The second-order valence-corrected chi connectivity index (χ2v) is 7.04. The summed E-state index contributed by atoms with van der Waals surface area (Å²) < 4.78 is 33.8. The van der Waals surface area contributed by atoms with Gasteiger partial charge in [-0.1, -0.05) is 0 Å². The van der Waals surface area contributed by atoms with Crippen LogP contribution in [0.5, 0.6) is 5.75 Å². The van der Waals surface area contributed by atoms with Crippen molar-refractivity contribution in [2.75, 3.05) is 13.7 Å². The van der Waals surface area contributed by atoms with Crippen molar-refractivity contribution in [2.24, 2.45) is 0 Å². The molecule has 1 aliphatic heterocycles. The molecule has 2 amide bonds. The van der Waals surface area contributed by atoms with Gasteiger partial charge >= 0.3 is 0 Å². The van der Waals surface area contributed by atoms with Crippen molar-refractivity contribution in [3.05, 3.63) is 50.1 Å². The molecule has 1 saturated heterocycles. The van der Waals surface area contributed by atoms with Crippen molar-refractivity contribution in [2.45, 2.75) is 6.17 Å². The molecule has 25 heavy (non-hydrogen) atoms. The SMILES string of the molecule is COc1cc(F)c(C(=O)N2CC(=O)N(O)C2c2cc(Br)cs2)c(F)c1. The van der Waals surface area contributed by atoms with Crippen LogP contribution in [0.15, 0.2) is 28.1 Å². The highest BCUT2D eigenvalue weighted by Crippen LogP contribution is 2.36. The number of methoxy groups -OCH3 is 1. The average molecular weight is 433 g/mol. The Balaban J connectivity index is 2.02. The summed E-state index contributed by atoms with van der Waals surface area (Å²) in [7, 11) is 1.24. The Morgan fingerprint density at radius 3 is 2.52 bits per heavy atom. The molecular weight excluding hydrogens is 422 g/mol. The van der Waals surface area contributed by atoms with Crippen molar-refractivity contribution in [3.63, 3.8) is 0 Å². The van der Waals surface area contributed by atoms with Gasteiger partial charge in [0.15, 0.2) is 6.17 Å². The maximum absolute atomic E-state index is 14.2. The molecule has 1 unspecified atom stereocenters. The highest BCUT2D eigenvalue weighted by atomic mass is 79.9. The molecule has 1 fully saturated rings. The van der Waals surface area contributed by atoms with Crippen LogP contribution in [0.25, 0.3) is 0 Å². The molecule has 132 valence electrons. The Morgan fingerprint density at radius 1 is 1.36 bits per heavy atom. The van der Waals surface area contributed by atoms with E-state index in [-0.39, 0.29) is 5.75 Å². The molecule has 1 aromatic heterocycles. The van der Waals surface area contributed by atoms with E-state index in [4.69, 9.17) is 4.74 Å². The number of hydrogen-bond acceptors (Lipinski definition) is 5. The first-order valence-corrected chi connectivity index (χ1v) is 8.59. The van der Waals surface area contributed by atoms with E-state index < -0.39 is 41.7 Å². The fraction of sp³-hybridized carbons (Fsp3) is 0.200. The lowest BCUT2D eigenvalue weighted by molar-refractivity contribution is -0.168. The zero-order valence-corrected chi connectivity index (χ0v) is 15.1. The van der Waals surface area contributed by atoms with E-state index in [2.05, 4.69) is 15.9 Å². The molecule has 3 rings (SSSR count). The number of hydrogen-bond donors (Lipinski definition) is 1. The lowest BCUT2D eigenvalue weighted by Gasteiger charge is -2.25. The fourth-order valence-corrected chi connectivity index (χ4v) is 4.05. The van der Waals surface area contributed by atoms with Crippen molar-refractivity contribution >= 4 is 39.1 Å². The van der Waals surface area contributed by atoms with Crippen LogP contribution in [0, 0.1) is 11.6 Å². The number of ether oxygens (including phenoxy) is 1. The van der Waals surface area contributed by atoms with Crippen LogP contribution < -0.4 is 4.74 Å². The summed E-state index contributed by atoms with van der Waals surface area (Å²) in [5.41, 5.74) is -0.815. The second-order valence-electron chi connectivity index (χ2n) is 5.18. The summed E-state index contributed by atoms with van der Waals surface area (Å²) in [6.07, 6.45) is -1.16. The molecule has 10 heteroatoms. The van der Waals surface area contributed by atoms with E-state index in [1.807, 2.05) is 0 Å². The van der Waals surface area contributed by atoms with Crippen LogP contribution in [-0.4, -0.2) is 40.6 Å². The number of benzene rings is 1. The molecule has 2 heterocycles. The first-order valence-electron chi connectivity index (χ1n) is 6.92. The Bertz CT molecular complexity index is 837. The molecule has 1 aromatic carbocycles.